The third-order valence-corrected chi connectivity index (χ3v) is 4.95. The Balaban J connectivity index is 1.96. The van der Waals surface area contributed by atoms with Gasteiger partial charge >= 0.3 is 0 Å². The molecule has 0 saturated carbocycles. The molecule has 3 N–H and O–H groups in total. The molecule has 0 spiro atoms. The highest BCUT2D eigenvalue weighted by molar-refractivity contribution is 7.15. The Hall–Kier alpha value is -1.83. The van der Waals surface area contributed by atoms with Crippen molar-refractivity contribution in [3.05, 3.63) is 40.8 Å². The van der Waals surface area contributed by atoms with Gasteiger partial charge in [-0.3, -0.25) is 4.79 Å². The van der Waals surface area contributed by atoms with E-state index in [4.69, 9.17) is 5.73 Å². The van der Waals surface area contributed by atoms with Crippen LogP contribution in [-0.4, -0.2) is 48.0 Å². The molecule has 1 fully saturated rings. The molecule has 122 valence electrons. The van der Waals surface area contributed by atoms with E-state index in [1.807, 2.05) is 6.92 Å². The van der Waals surface area contributed by atoms with Gasteiger partial charge in [0.2, 0.25) is 0 Å². The summed E-state index contributed by atoms with van der Waals surface area (Å²) >= 11 is 1.45. The SMILES string of the molecule is Cc1nc(C(=O)N2CCNCC2CN)c(-c2ccc(F)cc2)s1. The second-order valence-corrected chi connectivity index (χ2v) is 6.71. The number of hydrogen-bond acceptors (Lipinski definition) is 5. The maximum absolute atomic E-state index is 13.1. The topological polar surface area (TPSA) is 71.2 Å². The van der Waals surface area contributed by atoms with Gasteiger partial charge in [0.25, 0.3) is 5.91 Å². The van der Waals surface area contributed by atoms with E-state index in [1.54, 1.807) is 17.0 Å². The Morgan fingerprint density at radius 3 is 2.91 bits per heavy atom. The molecule has 2 aromatic rings. The van der Waals surface area contributed by atoms with E-state index in [1.165, 1.54) is 23.5 Å². The number of halogens is 1. The summed E-state index contributed by atoms with van der Waals surface area (Å²) in [4.78, 5) is 20.0. The van der Waals surface area contributed by atoms with Crippen LogP contribution in [0.1, 0.15) is 15.5 Å². The molecule has 0 bridgehead atoms. The van der Waals surface area contributed by atoms with E-state index in [-0.39, 0.29) is 17.8 Å². The highest BCUT2D eigenvalue weighted by Gasteiger charge is 2.30. The number of piperazine rings is 1. The first-order valence-corrected chi connectivity index (χ1v) is 8.37. The number of carbonyl (C=O) groups excluding carboxylic acids is 1. The molecule has 1 unspecified atom stereocenters. The van der Waals surface area contributed by atoms with Gasteiger partial charge in [-0.05, 0) is 24.6 Å². The van der Waals surface area contributed by atoms with E-state index in [2.05, 4.69) is 10.3 Å². The predicted molar refractivity (Wildman–Crippen MR) is 89.0 cm³/mol. The molecule has 1 amide bonds. The van der Waals surface area contributed by atoms with Crippen molar-refractivity contribution < 1.29 is 9.18 Å². The third kappa shape index (κ3) is 3.26. The first-order valence-electron chi connectivity index (χ1n) is 7.55. The normalized spacial score (nSPS) is 18.2. The smallest absolute Gasteiger partial charge is 0.274 e. The van der Waals surface area contributed by atoms with Gasteiger partial charge < -0.3 is 16.0 Å². The summed E-state index contributed by atoms with van der Waals surface area (Å²) in [6.07, 6.45) is 0. The molecule has 2 heterocycles. The van der Waals surface area contributed by atoms with Crippen molar-refractivity contribution in [3.8, 4) is 10.4 Å². The molecule has 1 aliphatic heterocycles. The maximum atomic E-state index is 13.1. The van der Waals surface area contributed by atoms with Gasteiger partial charge in [0.15, 0.2) is 0 Å². The fraction of sp³-hybridized carbons (Fsp3) is 0.375. The van der Waals surface area contributed by atoms with Gasteiger partial charge in [0, 0.05) is 26.2 Å². The minimum atomic E-state index is -0.298. The van der Waals surface area contributed by atoms with Crippen molar-refractivity contribution in [3.63, 3.8) is 0 Å². The van der Waals surface area contributed by atoms with Crippen molar-refractivity contribution in [2.24, 2.45) is 5.73 Å². The number of aryl methyl sites for hydroxylation is 1. The van der Waals surface area contributed by atoms with Crippen molar-refractivity contribution in [1.29, 1.82) is 0 Å². The molecule has 7 heteroatoms. The second-order valence-electron chi connectivity index (χ2n) is 5.51. The Bertz CT molecular complexity index is 701. The number of rotatable bonds is 3. The van der Waals surface area contributed by atoms with E-state index in [0.717, 1.165) is 22.0 Å². The molecule has 0 radical (unpaired) electrons. The molecule has 1 atom stereocenters. The summed E-state index contributed by atoms with van der Waals surface area (Å²) in [7, 11) is 0. The van der Waals surface area contributed by atoms with Gasteiger partial charge in [-0.15, -0.1) is 11.3 Å². The highest BCUT2D eigenvalue weighted by Crippen LogP contribution is 2.31. The van der Waals surface area contributed by atoms with Crippen LogP contribution in [0, 0.1) is 12.7 Å². The summed E-state index contributed by atoms with van der Waals surface area (Å²) in [5, 5.41) is 4.06. The fourth-order valence-corrected chi connectivity index (χ4v) is 3.66. The molecular formula is C16H19FN4OS. The lowest BCUT2D eigenvalue weighted by Gasteiger charge is -2.35. The number of aromatic nitrogens is 1. The van der Waals surface area contributed by atoms with Crippen LogP contribution in [0.3, 0.4) is 0 Å². The third-order valence-electron chi connectivity index (χ3n) is 3.93. The average molecular weight is 334 g/mol. The second kappa shape index (κ2) is 6.74. The minimum absolute atomic E-state index is 0.0284. The highest BCUT2D eigenvalue weighted by atomic mass is 32.1. The van der Waals surface area contributed by atoms with Gasteiger partial charge in [0.1, 0.15) is 11.5 Å². The summed E-state index contributed by atoms with van der Waals surface area (Å²) < 4.78 is 13.1. The lowest BCUT2D eigenvalue weighted by Crippen LogP contribution is -2.56. The molecule has 23 heavy (non-hydrogen) atoms. The van der Waals surface area contributed by atoms with Gasteiger partial charge in [0.05, 0.1) is 15.9 Å². The van der Waals surface area contributed by atoms with Crippen LogP contribution in [-0.2, 0) is 0 Å². The minimum Gasteiger partial charge on any atom is -0.330 e. The summed E-state index contributed by atoms with van der Waals surface area (Å²) in [6.45, 7) is 4.33. The number of nitrogens with one attached hydrogen (secondary N) is 1. The zero-order chi connectivity index (χ0) is 16.4. The first-order chi connectivity index (χ1) is 11.1. The molecule has 1 aromatic heterocycles. The van der Waals surface area contributed by atoms with E-state index < -0.39 is 0 Å². The number of carbonyl (C=O) groups is 1. The van der Waals surface area contributed by atoms with E-state index in [0.29, 0.717) is 25.3 Å². The molecule has 1 aromatic carbocycles. The van der Waals surface area contributed by atoms with E-state index in [9.17, 15) is 9.18 Å². The monoisotopic (exact) mass is 334 g/mol. The standard InChI is InChI=1S/C16H19FN4OS/c1-10-20-14(15(23-10)11-2-4-12(17)5-3-11)16(22)21-7-6-19-9-13(21)8-18/h2-5,13,19H,6-9,18H2,1H3. The van der Waals surface area contributed by atoms with Crippen LogP contribution in [0.15, 0.2) is 24.3 Å². The average Bonchev–Trinajstić information content (AvgIpc) is 2.96. The lowest BCUT2D eigenvalue weighted by atomic mass is 10.1. The Labute approximate surface area is 138 Å². The van der Waals surface area contributed by atoms with Crippen molar-refractivity contribution >= 4 is 17.2 Å². The number of nitrogens with two attached hydrogens (primary N) is 1. The first kappa shape index (κ1) is 16.0. The van der Waals surface area contributed by atoms with E-state index >= 15 is 0 Å². The van der Waals surface area contributed by atoms with Crippen LogP contribution >= 0.6 is 11.3 Å². The molecule has 3 rings (SSSR count). The van der Waals surface area contributed by atoms with Crippen molar-refractivity contribution in [2.75, 3.05) is 26.2 Å². The maximum Gasteiger partial charge on any atom is 0.274 e. The molecule has 1 saturated heterocycles. The Kier molecular flexibility index (Phi) is 4.70. The van der Waals surface area contributed by atoms with Crippen LogP contribution in [0.4, 0.5) is 4.39 Å². The zero-order valence-electron chi connectivity index (χ0n) is 12.9. The zero-order valence-corrected chi connectivity index (χ0v) is 13.7. The predicted octanol–water partition coefficient (Wildman–Crippen LogP) is 1.63. The van der Waals surface area contributed by atoms with Crippen LogP contribution in [0.5, 0.6) is 0 Å². The van der Waals surface area contributed by atoms with Crippen LogP contribution in [0.2, 0.25) is 0 Å². The number of thiazole rings is 1. The fourth-order valence-electron chi connectivity index (χ4n) is 2.74. The quantitative estimate of drug-likeness (QED) is 0.895. The molecule has 0 aliphatic carbocycles. The number of amides is 1. The molecule has 5 nitrogen and oxygen atoms in total. The van der Waals surface area contributed by atoms with Crippen molar-refractivity contribution in [1.82, 2.24) is 15.2 Å². The largest absolute Gasteiger partial charge is 0.330 e. The van der Waals surface area contributed by atoms with Gasteiger partial charge in [-0.1, -0.05) is 12.1 Å². The number of hydrogen-bond donors (Lipinski definition) is 2. The van der Waals surface area contributed by atoms with Crippen molar-refractivity contribution in [2.45, 2.75) is 13.0 Å². The summed E-state index contributed by atoms with van der Waals surface area (Å²) in [5.41, 5.74) is 7.02. The summed E-state index contributed by atoms with van der Waals surface area (Å²) in [6, 6.07) is 6.12. The molecular weight excluding hydrogens is 315 g/mol. The van der Waals surface area contributed by atoms with Gasteiger partial charge in [-0.2, -0.15) is 0 Å². The Morgan fingerprint density at radius 2 is 2.22 bits per heavy atom. The van der Waals surface area contributed by atoms with Crippen LogP contribution in [0.25, 0.3) is 10.4 Å². The number of nitrogens with zero attached hydrogens (tertiary/aromatic N) is 2. The number of benzene rings is 1. The molecule has 1 aliphatic rings. The summed E-state index contributed by atoms with van der Waals surface area (Å²) in [5.74, 6) is -0.404. The van der Waals surface area contributed by atoms with Gasteiger partial charge in [-0.25, -0.2) is 9.37 Å². The van der Waals surface area contributed by atoms with Crippen LogP contribution < -0.4 is 11.1 Å². The lowest BCUT2D eigenvalue weighted by molar-refractivity contribution is 0.0640. The Morgan fingerprint density at radius 1 is 1.48 bits per heavy atom.